The Bertz CT molecular complexity index is 996. The highest BCUT2D eigenvalue weighted by molar-refractivity contribution is 5.96. The number of carbonyl (C=O) groups is 2. The summed E-state index contributed by atoms with van der Waals surface area (Å²) in [6, 6.07) is 3.62. The Balaban J connectivity index is 1.21. The third-order valence-corrected chi connectivity index (χ3v) is 9.89. The van der Waals surface area contributed by atoms with Gasteiger partial charge in [0.2, 0.25) is 0 Å². The second-order valence-electron chi connectivity index (χ2n) is 11.5. The van der Waals surface area contributed by atoms with Gasteiger partial charge in [0.1, 0.15) is 11.5 Å². The predicted octanol–water partition coefficient (Wildman–Crippen LogP) is 5.44. The summed E-state index contributed by atoms with van der Waals surface area (Å²) in [6.07, 6.45) is 12.9. The number of fused-ring (bicyclic) bond motifs is 5. The zero-order valence-electron chi connectivity index (χ0n) is 20.8. The maximum atomic E-state index is 12.3. The van der Waals surface area contributed by atoms with Crippen LogP contribution in [0, 0.1) is 34.5 Å². The molecule has 1 amide bonds. The molecule has 34 heavy (non-hydrogen) atoms. The van der Waals surface area contributed by atoms with Crippen molar-refractivity contribution in [3.05, 3.63) is 35.8 Å². The van der Waals surface area contributed by atoms with Crippen LogP contribution >= 0.6 is 0 Å². The smallest absolute Gasteiger partial charge is 0.261 e. The van der Waals surface area contributed by atoms with Crippen molar-refractivity contribution in [3.8, 4) is 0 Å². The van der Waals surface area contributed by atoms with Crippen LogP contribution in [-0.4, -0.2) is 24.0 Å². The molecule has 0 bridgehead atoms. The van der Waals surface area contributed by atoms with Gasteiger partial charge in [-0.15, -0.1) is 0 Å². The topological polar surface area (TPSA) is 80.9 Å². The summed E-state index contributed by atoms with van der Waals surface area (Å²) < 4.78 is 5.22. The quantitative estimate of drug-likeness (QED) is 0.566. The fourth-order valence-corrected chi connectivity index (χ4v) is 8.13. The van der Waals surface area contributed by atoms with E-state index in [2.05, 4.69) is 30.4 Å². The number of Topliss-reactive ketones (excluding diaryl/α,β-unsaturated/α-hetero) is 1. The SMILES string of the molecule is CC(=O)[C@@H]1CC[C@@H]2[C@H]3CCC4=C/C(=N/OCC(=O)NCc5ccco5)CC[C@]4(C)[C@@H]3CC[C@@]21C. The van der Waals surface area contributed by atoms with Gasteiger partial charge in [-0.1, -0.05) is 24.6 Å². The van der Waals surface area contributed by atoms with Crippen LogP contribution in [0.1, 0.15) is 77.9 Å². The Morgan fingerprint density at radius 1 is 1.15 bits per heavy atom. The number of ketones is 1. The van der Waals surface area contributed by atoms with E-state index in [4.69, 9.17) is 9.25 Å². The molecular weight excluding hydrogens is 428 g/mol. The summed E-state index contributed by atoms with van der Waals surface area (Å²) in [5.74, 6) is 3.30. The van der Waals surface area contributed by atoms with Crippen molar-refractivity contribution in [2.24, 2.45) is 39.7 Å². The fraction of sp³-hybridized carbons (Fsp3) is 0.679. The largest absolute Gasteiger partial charge is 0.467 e. The van der Waals surface area contributed by atoms with Gasteiger partial charge in [0.05, 0.1) is 18.5 Å². The monoisotopic (exact) mass is 466 g/mol. The van der Waals surface area contributed by atoms with Gasteiger partial charge in [-0.25, -0.2) is 0 Å². The van der Waals surface area contributed by atoms with E-state index in [1.54, 1.807) is 19.3 Å². The lowest BCUT2D eigenvalue weighted by Crippen LogP contribution is -2.51. The maximum absolute atomic E-state index is 12.3. The molecule has 1 heterocycles. The number of carbonyl (C=O) groups excluding carboxylic acids is 2. The average Bonchev–Trinajstić information content (AvgIpc) is 3.45. The summed E-state index contributed by atoms with van der Waals surface area (Å²) in [5, 5.41) is 7.08. The van der Waals surface area contributed by atoms with Gasteiger partial charge in [-0.3, -0.25) is 9.59 Å². The van der Waals surface area contributed by atoms with Gasteiger partial charge < -0.3 is 14.6 Å². The normalized spacial score (nSPS) is 37.9. The van der Waals surface area contributed by atoms with E-state index in [9.17, 15) is 9.59 Å². The maximum Gasteiger partial charge on any atom is 0.261 e. The molecule has 1 N–H and O–H groups in total. The fourth-order valence-electron chi connectivity index (χ4n) is 8.13. The first-order valence-electron chi connectivity index (χ1n) is 13.0. The third-order valence-electron chi connectivity index (χ3n) is 9.89. The molecular formula is C28H38N2O4. The van der Waals surface area contributed by atoms with Crippen LogP contribution < -0.4 is 5.32 Å². The number of nitrogens with zero attached hydrogens (tertiary/aromatic N) is 1. The predicted molar refractivity (Wildman–Crippen MR) is 130 cm³/mol. The standard InChI is InChI=1S/C28H38N2O4/c1-18(31)23-8-9-24-22-7-6-19-15-20(10-12-27(19,2)25(22)11-13-28(23,24)3)30-34-17-26(32)29-16-21-5-4-14-33-21/h4-5,14-15,22-25H,6-13,16-17H2,1-3H3,(H,29,32)/b30-20+/t22-,23+,24-,25-,27+,28-/m1/s1. The van der Waals surface area contributed by atoms with Gasteiger partial charge in [0, 0.05) is 5.92 Å². The molecule has 0 aliphatic heterocycles. The van der Waals surface area contributed by atoms with Crippen LogP contribution in [0.4, 0.5) is 0 Å². The second-order valence-corrected chi connectivity index (χ2v) is 11.5. The van der Waals surface area contributed by atoms with Crippen molar-refractivity contribution in [2.45, 2.75) is 78.7 Å². The van der Waals surface area contributed by atoms with Crippen LogP contribution in [0.15, 0.2) is 39.6 Å². The van der Waals surface area contributed by atoms with Gasteiger partial charge in [-0.05, 0) is 105 Å². The van der Waals surface area contributed by atoms with Crippen molar-refractivity contribution in [1.29, 1.82) is 0 Å². The first-order valence-corrected chi connectivity index (χ1v) is 13.0. The molecule has 1 aromatic rings. The number of amides is 1. The number of furan rings is 1. The van der Waals surface area contributed by atoms with Crippen molar-refractivity contribution in [1.82, 2.24) is 5.32 Å². The molecule has 0 radical (unpaired) electrons. The Labute approximate surface area is 202 Å². The Hall–Kier alpha value is -2.37. The van der Waals surface area contributed by atoms with E-state index in [0.29, 0.717) is 29.9 Å². The van der Waals surface area contributed by atoms with E-state index in [1.807, 2.05) is 6.07 Å². The van der Waals surface area contributed by atoms with Crippen LogP contribution in [-0.2, 0) is 21.0 Å². The van der Waals surface area contributed by atoms with E-state index in [-0.39, 0.29) is 29.3 Å². The molecule has 6 nitrogen and oxygen atoms in total. The molecule has 6 heteroatoms. The minimum absolute atomic E-state index is 0.0904. The van der Waals surface area contributed by atoms with Crippen LogP contribution in [0.3, 0.4) is 0 Å². The Morgan fingerprint density at radius 2 is 2.00 bits per heavy atom. The molecule has 1 aromatic heterocycles. The molecule has 4 aliphatic carbocycles. The zero-order chi connectivity index (χ0) is 23.9. The number of oxime groups is 1. The van der Waals surface area contributed by atoms with Crippen LogP contribution in [0.5, 0.6) is 0 Å². The van der Waals surface area contributed by atoms with E-state index >= 15 is 0 Å². The first-order chi connectivity index (χ1) is 16.3. The number of nitrogens with one attached hydrogen (secondary N) is 1. The molecule has 3 saturated carbocycles. The molecule has 0 aromatic carbocycles. The Kier molecular flexibility index (Phi) is 6.19. The molecule has 6 atom stereocenters. The highest BCUT2D eigenvalue weighted by Gasteiger charge is 2.59. The second kappa shape index (κ2) is 9.01. The van der Waals surface area contributed by atoms with Gasteiger partial charge in [-0.2, -0.15) is 0 Å². The lowest BCUT2D eigenvalue weighted by atomic mass is 9.46. The van der Waals surface area contributed by atoms with Crippen molar-refractivity contribution < 1.29 is 18.8 Å². The zero-order valence-corrected chi connectivity index (χ0v) is 20.8. The summed E-state index contributed by atoms with van der Waals surface area (Å²) in [6.45, 7) is 6.95. The first kappa shape index (κ1) is 23.4. The van der Waals surface area contributed by atoms with Crippen LogP contribution in [0.25, 0.3) is 0 Å². The summed E-state index contributed by atoms with van der Waals surface area (Å²) >= 11 is 0. The molecule has 0 spiro atoms. The summed E-state index contributed by atoms with van der Waals surface area (Å²) in [5.41, 5.74) is 2.88. The minimum atomic E-state index is -0.208. The van der Waals surface area contributed by atoms with Gasteiger partial charge >= 0.3 is 0 Å². The molecule has 3 fully saturated rings. The number of hydrogen-bond donors (Lipinski definition) is 1. The summed E-state index contributed by atoms with van der Waals surface area (Å²) in [7, 11) is 0. The van der Waals surface area contributed by atoms with E-state index < -0.39 is 0 Å². The van der Waals surface area contributed by atoms with Crippen LogP contribution in [0.2, 0.25) is 0 Å². The highest BCUT2D eigenvalue weighted by atomic mass is 16.6. The Morgan fingerprint density at radius 3 is 2.76 bits per heavy atom. The minimum Gasteiger partial charge on any atom is -0.467 e. The third kappa shape index (κ3) is 4.03. The number of hydrogen-bond acceptors (Lipinski definition) is 5. The molecule has 5 rings (SSSR count). The summed E-state index contributed by atoms with van der Waals surface area (Å²) in [4.78, 5) is 29.8. The van der Waals surface area contributed by atoms with Crippen molar-refractivity contribution >= 4 is 17.4 Å². The van der Waals surface area contributed by atoms with Gasteiger partial charge in [0.15, 0.2) is 6.61 Å². The molecule has 0 saturated heterocycles. The number of rotatable bonds is 6. The number of allylic oxidation sites excluding steroid dienone is 2. The highest BCUT2D eigenvalue weighted by Crippen LogP contribution is 2.66. The molecule has 4 aliphatic rings. The average molecular weight is 467 g/mol. The van der Waals surface area contributed by atoms with Crippen molar-refractivity contribution in [3.63, 3.8) is 0 Å². The van der Waals surface area contributed by atoms with E-state index in [1.165, 1.54) is 31.3 Å². The lowest BCUT2D eigenvalue weighted by molar-refractivity contribution is -0.128. The van der Waals surface area contributed by atoms with Gasteiger partial charge in [0.25, 0.3) is 5.91 Å². The molecule has 0 unspecified atom stereocenters. The van der Waals surface area contributed by atoms with E-state index in [0.717, 1.165) is 37.3 Å². The van der Waals surface area contributed by atoms with Crippen molar-refractivity contribution in [2.75, 3.05) is 6.61 Å². The lowest BCUT2D eigenvalue weighted by Gasteiger charge is -2.58. The molecule has 184 valence electrons.